The average molecular weight is 313 g/mol. The summed E-state index contributed by atoms with van der Waals surface area (Å²) in [5.41, 5.74) is -0.185. The highest BCUT2D eigenvalue weighted by molar-refractivity contribution is 8.00. The van der Waals surface area contributed by atoms with E-state index in [2.05, 4.69) is 17.2 Å². The maximum atomic E-state index is 12.0. The molecule has 0 fully saturated rings. The van der Waals surface area contributed by atoms with Gasteiger partial charge in [0.05, 0.1) is 23.3 Å². The number of unbranched alkanes of at least 4 members (excludes halogenated alkanes) is 1. The predicted molar refractivity (Wildman–Crippen MR) is 82.9 cm³/mol. The fraction of sp³-hybridized carbons (Fsp3) is 0.538. The van der Waals surface area contributed by atoms with Crippen LogP contribution in [-0.2, 0) is 4.79 Å². The van der Waals surface area contributed by atoms with Gasteiger partial charge in [0.15, 0.2) is 11.6 Å². The van der Waals surface area contributed by atoms with E-state index >= 15 is 0 Å². The van der Waals surface area contributed by atoms with E-state index in [1.165, 1.54) is 13.2 Å². The molecule has 1 aromatic heterocycles. The van der Waals surface area contributed by atoms with Gasteiger partial charge >= 0.3 is 0 Å². The number of hydrogen-bond donors (Lipinski definition) is 1. The minimum absolute atomic E-state index is 0.170. The number of carbonyl (C=O) groups is 1. The molecule has 1 N–H and O–H groups in total. The maximum absolute atomic E-state index is 12.0. The number of methoxy groups -OCH3 is 1. The van der Waals surface area contributed by atoms with Gasteiger partial charge in [0, 0.05) is 0 Å². The summed E-state index contributed by atoms with van der Waals surface area (Å²) < 4.78 is 5.03. The Morgan fingerprint density at radius 1 is 1.62 bits per heavy atom. The molecule has 0 aromatic carbocycles. The molecule has 116 valence electrons. The first-order chi connectivity index (χ1) is 9.99. The van der Waals surface area contributed by atoms with Crippen LogP contribution in [0.2, 0.25) is 0 Å². The van der Waals surface area contributed by atoms with Crippen LogP contribution in [0.15, 0.2) is 12.3 Å². The van der Waals surface area contributed by atoms with Crippen molar-refractivity contribution in [3.05, 3.63) is 22.4 Å². The van der Waals surface area contributed by atoms with Gasteiger partial charge in [0.2, 0.25) is 5.91 Å². The SMILES string of the molecule is CCCCSC(C)C(=O)Nc1ncc([N+](=O)[O-])cc1OC. The van der Waals surface area contributed by atoms with E-state index in [0.29, 0.717) is 0 Å². The number of aromatic nitrogens is 1. The number of amides is 1. The van der Waals surface area contributed by atoms with Crippen molar-refractivity contribution in [2.45, 2.75) is 31.9 Å². The molecule has 1 unspecified atom stereocenters. The molecule has 1 amide bonds. The third kappa shape index (κ3) is 5.22. The molecule has 0 saturated carbocycles. The van der Waals surface area contributed by atoms with Crippen LogP contribution in [0.1, 0.15) is 26.7 Å². The molecule has 0 aliphatic rings. The summed E-state index contributed by atoms with van der Waals surface area (Å²) in [6, 6.07) is 1.23. The van der Waals surface area contributed by atoms with Crippen molar-refractivity contribution in [3.63, 3.8) is 0 Å². The van der Waals surface area contributed by atoms with Gasteiger partial charge < -0.3 is 10.1 Å². The van der Waals surface area contributed by atoms with E-state index in [4.69, 9.17) is 4.74 Å². The first kappa shape index (κ1) is 17.2. The van der Waals surface area contributed by atoms with Crippen molar-refractivity contribution in [2.75, 3.05) is 18.2 Å². The molecule has 0 aliphatic heterocycles. The average Bonchev–Trinajstić information content (AvgIpc) is 2.47. The minimum atomic E-state index is -0.565. The molecule has 21 heavy (non-hydrogen) atoms. The molecular weight excluding hydrogens is 294 g/mol. The Balaban J connectivity index is 2.73. The van der Waals surface area contributed by atoms with Gasteiger partial charge in [-0.2, -0.15) is 0 Å². The van der Waals surface area contributed by atoms with E-state index < -0.39 is 4.92 Å². The molecule has 1 aromatic rings. The van der Waals surface area contributed by atoms with E-state index in [9.17, 15) is 14.9 Å². The molecular formula is C13H19N3O4S. The Hall–Kier alpha value is -1.83. The van der Waals surface area contributed by atoms with Gasteiger partial charge in [-0.3, -0.25) is 14.9 Å². The maximum Gasteiger partial charge on any atom is 0.291 e. The largest absolute Gasteiger partial charge is 0.493 e. The molecule has 1 heterocycles. The zero-order valence-corrected chi connectivity index (χ0v) is 13.1. The first-order valence-corrected chi connectivity index (χ1v) is 7.65. The second-order valence-corrected chi connectivity index (χ2v) is 5.81. The summed E-state index contributed by atoms with van der Waals surface area (Å²) in [6.45, 7) is 3.91. The van der Waals surface area contributed by atoms with Crippen LogP contribution in [0, 0.1) is 10.1 Å². The summed E-state index contributed by atoms with van der Waals surface area (Å²) in [7, 11) is 1.37. The number of hydrogen-bond acceptors (Lipinski definition) is 6. The van der Waals surface area contributed by atoms with Crippen LogP contribution in [-0.4, -0.2) is 33.9 Å². The summed E-state index contributed by atoms with van der Waals surface area (Å²) >= 11 is 1.56. The van der Waals surface area contributed by atoms with Crippen molar-refractivity contribution in [2.24, 2.45) is 0 Å². The van der Waals surface area contributed by atoms with Crippen LogP contribution in [0.5, 0.6) is 5.75 Å². The second-order valence-electron chi connectivity index (χ2n) is 4.36. The number of anilines is 1. The molecule has 0 radical (unpaired) electrons. The summed E-state index contributed by atoms with van der Waals surface area (Å²) in [5.74, 6) is 1.07. The summed E-state index contributed by atoms with van der Waals surface area (Å²) in [5, 5.41) is 13.1. The second kappa shape index (κ2) is 8.46. The zero-order chi connectivity index (χ0) is 15.8. The number of thioether (sulfide) groups is 1. The predicted octanol–water partition coefficient (Wildman–Crippen LogP) is 2.86. The molecule has 8 heteroatoms. The van der Waals surface area contributed by atoms with Gasteiger partial charge in [-0.1, -0.05) is 13.3 Å². The lowest BCUT2D eigenvalue weighted by Gasteiger charge is -2.13. The highest BCUT2D eigenvalue weighted by Gasteiger charge is 2.18. The third-order valence-electron chi connectivity index (χ3n) is 2.75. The minimum Gasteiger partial charge on any atom is -0.493 e. The Bertz CT molecular complexity index is 510. The number of nitrogens with one attached hydrogen (secondary N) is 1. The molecule has 0 saturated heterocycles. The van der Waals surface area contributed by atoms with Crippen molar-refractivity contribution in [1.82, 2.24) is 4.98 Å². The van der Waals surface area contributed by atoms with Gasteiger partial charge in [-0.25, -0.2) is 4.98 Å². The lowest BCUT2D eigenvalue weighted by molar-refractivity contribution is -0.385. The molecule has 1 rings (SSSR count). The van der Waals surface area contributed by atoms with Crippen molar-refractivity contribution in [1.29, 1.82) is 0 Å². The summed E-state index contributed by atoms with van der Waals surface area (Å²) in [4.78, 5) is 26.0. The normalized spacial score (nSPS) is 11.8. The van der Waals surface area contributed by atoms with E-state index in [-0.39, 0.29) is 28.4 Å². The third-order valence-corrected chi connectivity index (χ3v) is 3.98. The van der Waals surface area contributed by atoms with E-state index in [1.807, 2.05) is 6.92 Å². The Morgan fingerprint density at radius 3 is 2.90 bits per heavy atom. The van der Waals surface area contributed by atoms with Crippen molar-refractivity contribution in [3.8, 4) is 5.75 Å². The fourth-order valence-corrected chi connectivity index (χ4v) is 2.50. The van der Waals surface area contributed by atoms with Crippen LogP contribution in [0.4, 0.5) is 11.5 Å². The molecule has 0 aliphatic carbocycles. The zero-order valence-electron chi connectivity index (χ0n) is 12.3. The van der Waals surface area contributed by atoms with Crippen LogP contribution >= 0.6 is 11.8 Å². The van der Waals surface area contributed by atoms with Gasteiger partial charge in [0.25, 0.3) is 5.69 Å². The van der Waals surface area contributed by atoms with Gasteiger partial charge in [-0.15, -0.1) is 11.8 Å². The van der Waals surface area contributed by atoms with Crippen LogP contribution in [0.3, 0.4) is 0 Å². The number of carbonyl (C=O) groups excluding carboxylic acids is 1. The highest BCUT2D eigenvalue weighted by atomic mass is 32.2. The first-order valence-electron chi connectivity index (χ1n) is 6.60. The standard InChI is InChI=1S/C13H19N3O4S/c1-4-5-6-21-9(2)13(17)15-12-11(20-3)7-10(8-14-12)16(18)19/h7-9H,4-6H2,1-3H3,(H,14,15,17). The smallest absolute Gasteiger partial charge is 0.291 e. The van der Waals surface area contributed by atoms with Crippen LogP contribution < -0.4 is 10.1 Å². The Kier molecular flexibility index (Phi) is 6.93. The number of pyridine rings is 1. The molecule has 1 atom stereocenters. The lowest BCUT2D eigenvalue weighted by Crippen LogP contribution is -2.23. The Labute approximate surface area is 127 Å². The summed E-state index contributed by atoms with van der Waals surface area (Å²) in [6.07, 6.45) is 3.23. The lowest BCUT2D eigenvalue weighted by atomic mass is 10.3. The Morgan fingerprint density at radius 2 is 2.33 bits per heavy atom. The number of rotatable bonds is 8. The van der Waals surface area contributed by atoms with Crippen molar-refractivity contribution < 1.29 is 14.5 Å². The van der Waals surface area contributed by atoms with E-state index in [0.717, 1.165) is 24.8 Å². The monoisotopic (exact) mass is 313 g/mol. The van der Waals surface area contributed by atoms with E-state index in [1.54, 1.807) is 11.8 Å². The topological polar surface area (TPSA) is 94.4 Å². The van der Waals surface area contributed by atoms with Gasteiger partial charge in [-0.05, 0) is 19.1 Å². The molecule has 7 nitrogen and oxygen atoms in total. The molecule has 0 bridgehead atoms. The quantitative estimate of drug-likeness (QED) is 0.450. The highest BCUT2D eigenvalue weighted by Crippen LogP contribution is 2.27. The van der Waals surface area contributed by atoms with Crippen LogP contribution in [0.25, 0.3) is 0 Å². The number of nitrogens with zero attached hydrogens (tertiary/aromatic N) is 2. The van der Waals surface area contributed by atoms with Crippen molar-refractivity contribution >= 4 is 29.2 Å². The number of ether oxygens (including phenoxy) is 1. The number of nitro groups is 1. The fourth-order valence-electron chi connectivity index (χ4n) is 1.48. The van der Waals surface area contributed by atoms with Gasteiger partial charge in [0.1, 0.15) is 6.20 Å². The molecule has 0 spiro atoms.